The summed E-state index contributed by atoms with van der Waals surface area (Å²) >= 11 is 7.29. The standard InChI is InChI=1S/C24H24ClN4OS/c1-28(17-18-6-4-3-5-7-18)20-10-8-19(9-11-20)26-27-24-29(2)22-13-12-21(30-15-14-25)16-23(22)31-24/h3-13,16H,14-15,17H2,1-2H3/q+1. The van der Waals surface area contributed by atoms with Gasteiger partial charge in [-0.05, 0) is 58.4 Å². The summed E-state index contributed by atoms with van der Waals surface area (Å²) in [5.41, 5.74) is 4.33. The molecule has 7 heteroatoms. The van der Waals surface area contributed by atoms with Crippen LogP contribution in [-0.4, -0.2) is 19.5 Å². The minimum absolute atomic E-state index is 0.469. The fourth-order valence-corrected chi connectivity index (χ4v) is 4.36. The molecule has 0 fully saturated rings. The summed E-state index contributed by atoms with van der Waals surface area (Å²) in [6, 6.07) is 24.6. The summed E-state index contributed by atoms with van der Waals surface area (Å²) in [6.45, 7) is 1.35. The van der Waals surface area contributed by atoms with Crippen LogP contribution in [0.25, 0.3) is 10.2 Å². The third-order valence-electron chi connectivity index (χ3n) is 4.93. The van der Waals surface area contributed by atoms with E-state index in [1.54, 1.807) is 11.3 Å². The Kier molecular flexibility index (Phi) is 6.79. The van der Waals surface area contributed by atoms with Crippen molar-refractivity contribution in [2.45, 2.75) is 6.54 Å². The van der Waals surface area contributed by atoms with Gasteiger partial charge in [0.1, 0.15) is 23.6 Å². The SMILES string of the molecule is CN(Cc1ccccc1)c1ccc(N=Nc2sc3cc(OCCCl)ccc3[n+]2C)cc1. The van der Waals surface area contributed by atoms with Gasteiger partial charge in [0.25, 0.3) is 0 Å². The van der Waals surface area contributed by atoms with Crippen molar-refractivity contribution >= 4 is 49.7 Å². The number of halogens is 1. The lowest BCUT2D eigenvalue weighted by atomic mass is 10.2. The highest BCUT2D eigenvalue weighted by Gasteiger charge is 2.16. The third kappa shape index (κ3) is 5.21. The summed E-state index contributed by atoms with van der Waals surface area (Å²) < 4.78 is 8.75. The fourth-order valence-electron chi connectivity index (χ4n) is 3.28. The second kappa shape index (κ2) is 9.90. The van der Waals surface area contributed by atoms with E-state index in [4.69, 9.17) is 16.3 Å². The highest BCUT2D eigenvalue weighted by atomic mass is 35.5. The summed E-state index contributed by atoms with van der Waals surface area (Å²) in [5.74, 6) is 1.28. The fraction of sp³-hybridized carbons (Fsp3) is 0.208. The average molecular weight is 452 g/mol. The van der Waals surface area contributed by atoms with Gasteiger partial charge in [-0.15, -0.1) is 11.6 Å². The Balaban J connectivity index is 1.46. The molecule has 1 aromatic heterocycles. The monoisotopic (exact) mass is 451 g/mol. The van der Waals surface area contributed by atoms with Crippen molar-refractivity contribution in [2.24, 2.45) is 17.3 Å². The number of alkyl halides is 1. The Bertz CT molecular complexity index is 1180. The number of azo groups is 1. The Labute approximate surface area is 191 Å². The number of ether oxygens (including phenoxy) is 1. The Morgan fingerprint density at radius 1 is 1.00 bits per heavy atom. The number of nitrogens with zero attached hydrogens (tertiary/aromatic N) is 4. The van der Waals surface area contributed by atoms with E-state index in [9.17, 15) is 0 Å². The molecule has 4 rings (SSSR count). The number of anilines is 1. The molecule has 5 nitrogen and oxygen atoms in total. The summed E-state index contributed by atoms with van der Waals surface area (Å²) in [5, 5.41) is 9.74. The number of fused-ring (bicyclic) bond motifs is 1. The predicted molar refractivity (Wildman–Crippen MR) is 128 cm³/mol. The molecule has 0 N–H and O–H groups in total. The maximum absolute atomic E-state index is 5.71. The quantitative estimate of drug-likeness (QED) is 0.177. The van der Waals surface area contributed by atoms with Gasteiger partial charge in [0.2, 0.25) is 0 Å². The third-order valence-corrected chi connectivity index (χ3v) is 6.17. The lowest BCUT2D eigenvalue weighted by molar-refractivity contribution is -0.627. The maximum atomic E-state index is 5.71. The molecule has 0 saturated heterocycles. The first-order valence-corrected chi connectivity index (χ1v) is 11.4. The van der Waals surface area contributed by atoms with Gasteiger partial charge in [0.05, 0.1) is 22.7 Å². The van der Waals surface area contributed by atoms with E-state index in [1.807, 2.05) is 48.0 Å². The first kappa shape index (κ1) is 21.3. The Hall–Kier alpha value is -2.96. The van der Waals surface area contributed by atoms with Crippen LogP contribution in [0.1, 0.15) is 5.56 Å². The molecule has 1 heterocycles. The second-order valence-corrected chi connectivity index (χ2v) is 8.56. The van der Waals surface area contributed by atoms with Gasteiger partial charge < -0.3 is 9.64 Å². The van der Waals surface area contributed by atoms with Gasteiger partial charge in [-0.2, -0.15) is 0 Å². The molecular weight excluding hydrogens is 428 g/mol. The first-order valence-electron chi connectivity index (χ1n) is 10.0. The molecule has 0 aliphatic rings. The van der Waals surface area contributed by atoms with Crippen LogP contribution >= 0.6 is 22.9 Å². The van der Waals surface area contributed by atoms with Gasteiger partial charge in [0.15, 0.2) is 0 Å². The van der Waals surface area contributed by atoms with Crippen molar-refractivity contribution in [1.29, 1.82) is 0 Å². The lowest BCUT2D eigenvalue weighted by Crippen LogP contribution is -2.25. The minimum Gasteiger partial charge on any atom is -0.492 e. The highest BCUT2D eigenvalue weighted by Crippen LogP contribution is 2.30. The van der Waals surface area contributed by atoms with E-state index in [-0.39, 0.29) is 0 Å². The molecule has 0 bridgehead atoms. The highest BCUT2D eigenvalue weighted by molar-refractivity contribution is 7.21. The molecule has 0 spiro atoms. The molecule has 3 aromatic carbocycles. The van der Waals surface area contributed by atoms with E-state index in [2.05, 4.69) is 58.6 Å². The summed E-state index contributed by atoms with van der Waals surface area (Å²) in [6.07, 6.45) is 0. The lowest BCUT2D eigenvalue weighted by Gasteiger charge is -2.19. The molecule has 0 saturated carbocycles. The zero-order valence-corrected chi connectivity index (χ0v) is 19.1. The first-order chi connectivity index (χ1) is 15.1. The second-order valence-electron chi connectivity index (χ2n) is 7.17. The van der Waals surface area contributed by atoms with Gasteiger partial charge in [-0.25, -0.2) is 4.57 Å². The zero-order chi connectivity index (χ0) is 21.6. The predicted octanol–water partition coefficient (Wildman–Crippen LogP) is 6.40. The van der Waals surface area contributed by atoms with E-state index in [1.165, 1.54) is 5.56 Å². The molecule has 31 heavy (non-hydrogen) atoms. The van der Waals surface area contributed by atoms with Crippen molar-refractivity contribution in [3.8, 4) is 5.75 Å². The van der Waals surface area contributed by atoms with Gasteiger partial charge in [0, 0.05) is 25.3 Å². The molecule has 0 aliphatic heterocycles. The van der Waals surface area contributed by atoms with E-state index in [0.717, 1.165) is 39.0 Å². The molecule has 0 radical (unpaired) electrons. The molecule has 0 atom stereocenters. The van der Waals surface area contributed by atoms with Crippen LogP contribution in [0, 0.1) is 0 Å². The molecule has 0 unspecified atom stereocenters. The number of hydrogen-bond acceptors (Lipinski definition) is 5. The smallest absolute Gasteiger partial charge is 0.409 e. The number of aryl methyl sites for hydroxylation is 1. The minimum atomic E-state index is 0.469. The average Bonchev–Trinajstić information content (AvgIpc) is 3.12. The molecular formula is C24H24ClN4OS+. The summed E-state index contributed by atoms with van der Waals surface area (Å²) in [4.78, 5) is 2.21. The van der Waals surface area contributed by atoms with Crippen molar-refractivity contribution in [2.75, 3.05) is 24.4 Å². The number of aromatic nitrogens is 1. The van der Waals surface area contributed by atoms with Crippen LogP contribution in [0.5, 0.6) is 5.75 Å². The molecule has 158 valence electrons. The van der Waals surface area contributed by atoms with Crippen LogP contribution in [0.15, 0.2) is 83.0 Å². The van der Waals surface area contributed by atoms with Gasteiger partial charge >= 0.3 is 5.13 Å². The molecule has 0 amide bonds. The van der Waals surface area contributed by atoms with Crippen molar-refractivity contribution in [3.05, 3.63) is 78.4 Å². The van der Waals surface area contributed by atoms with Crippen LogP contribution in [0.4, 0.5) is 16.5 Å². The number of benzene rings is 3. The largest absolute Gasteiger partial charge is 0.492 e. The topological polar surface area (TPSA) is 41.1 Å². The Morgan fingerprint density at radius 3 is 2.52 bits per heavy atom. The molecule has 4 aromatic rings. The van der Waals surface area contributed by atoms with Crippen molar-refractivity contribution in [1.82, 2.24) is 0 Å². The molecule has 0 aliphatic carbocycles. The van der Waals surface area contributed by atoms with Crippen LogP contribution in [-0.2, 0) is 13.6 Å². The number of rotatable bonds is 8. The van der Waals surface area contributed by atoms with Gasteiger partial charge in [-0.3, -0.25) is 0 Å². The van der Waals surface area contributed by atoms with E-state index in [0.29, 0.717) is 12.5 Å². The van der Waals surface area contributed by atoms with Crippen LogP contribution in [0.3, 0.4) is 0 Å². The van der Waals surface area contributed by atoms with Crippen molar-refractivity contribution in [3.63, 3.8) is 0 Å². The Morgan fingerprint density at radius 2 is 1.77 bits per heavy atom. The van der Waals surface area contributed by atoms with Crippen LogP contribution < -0.4 is 14.2 Å². The van der Waals surface area contributed by atoms with E-state index < -0.39 is 0 Å². The van der Waals surface area contributed by atoms with Crippen LogP contribution in [0.2, 0.25) is 0 Å². The van der Waals surface area contributed by atoms with Gasteiger partial charge in [-0.1, -0.05) is 30.3 Å². The summed E-state index contributed by atoms with van der Waals surface area (Å²) in [7, 11) is 4.08. The number of hydrogen-bond donors (Lipinski definition) is 0. The van der Waals surface area contributed by atoms with Crippen molar-refractivity contribution < 1.29 is 9.30 Å². The maximum Gasteiger partial charge on any atom is 0.409 e. The normalized spacial score (nSPS) is 11.3. The number of thiazole rings is 1. The zero-order valence-electron chi connectivity index (χ0n) is 17.5. The van der Waals surface area contributed by atoms with E-state index >= 15 is 0 Å².